The lowest BCUT2D eigenvalue weighted by Crippen LogP contribution is -2.51. The summed E-state index contributed by atoms with van der Waals surface area (Å²) in [5.41, 5.74) is 13.8. The minimum absolute atomic E-state index is 0.0151. The molecule has 41 heavy (non-hydrogen) atoms. The van der Waals surface area contributed by atoms with Gasteiger partial charge in [-0.05, 0) is 130 Å². The molecule has 4 aliphatic carbocycles. The van der Waals surface area contributed by atoms with Gasteiger partial charge in [0, 0.05) is 19.5 Å². The SMILES string of the molecule is CC(C)CCCC(C)C1CCC2C3CC=C4CC(OC(=O)N(CCCCN)CCCCN)CCC4(C)C3CCC12C. The van der Waals surface area contributed by atoms with E-state index in [9.17, 15) is 4.79 Å². The van der Waals surface area contributed by atoms with Gasteiger partial charge >= 0.3 is 6.09 Å². The van der Waals surface area contributed by atoms with Crippen molar-refractivity contribution in [1.82, 2.24) is 4.90 Å². The van der Waals surface area contributed by atoms with Gasteiger partial charge in [-0.15, -0.1) is 0 Å². The normalized spacial score (nSPS) is 35.3. The van der Waals surface area contributed by atoms with Crippen molar-refractivity contribution < 1.29 is 9.53 Å². The summed E-state index contributed by atoms with van der Waals surface area (Å²) < 4.78 is 6.20. The van der Waals surface area contributed by atoms with E-state index in [4.69, 9.17) is 16.2 Å². The quantitative estimate of drug-likeness (QED) is 0.162. The minimum atomic E-state index is -0.130. The van der Waals surface area contributed by atoms with E-state index in [0.29, 0.717) is 18.5 Å². The number of fused-ring (bicyclic) bond motifs is 5. The zero-order valence-electron chi connectivity index (χ0n) is 27.5. The van der Waals surface area contributed by atoms with E-state index in [2.05, 4.69) is 40.7 Å². The molecular weight excluding hydrogens is 506 g/mol. The van der Waals surface area contributed by atoms with Gasteiger partial charge in [0.15, 0.2) is 0 Å². The number of hydrogen-bond donors (Lipinski definition) is 2. The molecule has 0 aliphatic heterocycles. The third kappa shape index (κ3) is 7.36. The molecule has 4 rings (SSSR count). The molecule has 8 unspecified atom stereocenters. The zero-order chi connectivity index (χ0) is 29.6. The van der Waals surface area contributed by atoms with Crippen molar-refractivity contribution in [3.63, 3.8) is 0 Å². The fourth-order valence-electron chi connectivity index (χ4n) is 10.2. The van der Waals surface area contributed by atoms with Gasteiger partial charge in [-0.1, -0.05) is 65.5 Å². The monoisotopic (exact) mass is 572 g/mol. The fourth-order valence-corrected chi connectivity index (χ4v) is 10.2. The number of unbranched alkanes of at least 4 members (excludes halogenated alkanes) is 2. The molecule has 0 aromatic heterocycles. The van der Waals surface area contributed by atoms with E-state index in [1.54, 1.807) is 5.57 Å². The molecule has 0 heterocycles. The van der Waals surface area contributed by atoms with Gasteiger partial charge in [-0.25, -0.2) is 4.79 Å². The first-order valence-corrected chi connectivity index (χ1v) is 17.7. The highest BCUT2D eigenvalue weighted by Crippen LogP contribution is 2.67. The molecule has 0 saturated heterocycles. The van der Waals surface area contributed by atoms with Crippen LogP contribution in [0.1, 0.15) is 131 Å². The average Bonchev–Trinajstić information content (AvgIpc) is 3.29. The van der Waals surface area contributed by atoms with Crippen molar-refractivity contribution in [3.05, 3.63) is 11.6 Å². The number of ether oxygens (including phenoxy) is 1. The Bertz CT molecular complexity index is 863. The maximum Gasteiger partial charge on any atom is 0.410 e. The lowest BCUT2D eigenvalue weighted by molar-refractivity contribution is -0.0593. The highest BCUT2D eigenvalue weighted by molar-refractivity contribution is 5.67. The predicted molar refractivity (Wildman–Crippen MR) is 171 cm³/mol. The smallest absolute Gasteiger partial charge is 0.410 e. The number of nitrogens with zero attached hydrogens (tertiary/aromatic N) is 1. The lowest BCUT2D eigenvalue weighted by atomic mass is 9.47. The van der Waals surface area contributed by atoms with Gasteiger partial charge < -0.3 is 21.1 Å². The van der Waals surface area contributed by atoms with Crippen LogP contribution in [0.4, 0.5) is 4.79 Å². The Balaban J connectivity index is 1.37. The first-order chi connectivity index (χ1) is 19.6. The third-order valence-corrected chi connectivity index (χ3v) is 12.5. The van der Waals surface area contributed by atoms with Gasteiger partial charge in [0.25, 0.3) is 0 Å². The summed E-state index contributed by atoms with van der Waals surface area (Å²) in [6.07, 6.45) is 20.5. The summed E-state index contributed by atoms with van der Waals surface area (Å²) >= 11 is 0. The molecule has 3 fully saturated rings. The maximum absolute atomic E-state index is 13.2. The minimum Gasteiger partial charge on any atom is -0.446 e. The second-order valence-electron chi connectivity index (χ2n) is 15.5. The van der Waals surface area contributed by atoms with Gasteiger partial charge in [-0.2, -0.15) is 0 Å². The Labute approximate surface area is 253 Å². The number of carbonyl (C=O) groups excluding carboxylic acids is 1. The Kier molecular flexibility index (Phi) is 11.7. The lowest BCUT2D eigenvalue weighted by Gasteiger charge is -2.58. The molecule has 0 spiro atoms. The summed E-state index contributed by atoms with van der Waals surface area (Å²) in [5, 5.41) is 0. The molecular formula is C36H65N3O2. The van der Waals surface area contributed by atoms with Crippen molar-refractivity contribution in [3.8, 4) is 0 Å². The standard InChI is InChI=1S/C36H65N3O2/c1-26(2)11-10-12-27(3)31-15-16-32-30-14-13-28-25-29(17-19-35(28,4)33(30)18-20-36(31,32)5)41-34(40)39(23-8-6-21-37)24-9-7-22-38/h13,26-27,29-33H,6-12,14-25,37-38H2,1-5H3. The molecule has 0 aromatic carbocycles. The molecule has 0 radical (unpaired) electrons. The highest BCUT2D eigenvalue weighted by Gasteiger charge is 2.59. The number of rotatable bonds is 14. The van der Waals surface area contributed by atoms with Crippen LogP contribution in [-0.2, 0) is 4.74 Å². The second kappa shape index (κ2) is 14.6. The summed E-state index contributed by atoms with van der Waals surface area (Å²) in [6, 6.07) is 0. The fraction of sp³-hybridized carbons (Fsp3) is 0.917. The Morgan fingerprint density at radius 1 is 0.927 bits per heavy atom. The number of amides is 1. The molecule has 4 aliphatic rings. The van der Waals surface area contributed by atoms with Gasteiger partial charge in [0.2, 0.25) is 0 Å². The van der Waals surface area contributed by atoms with E-state index in [1.807, 2.05) is 4.90 Å². The van der Waals surface area contributed by atoms with E-state index in [1.165, 1.54) is 51.4 Å². The van der Waals surface area contributed by atoms with Crippen LogP contribution < -0.4 is 11.5 Å². The summed E-state index contributed by atoms with van der Waals surface area (Å²) in [5.74, 6) is 5.13. The van der Waals surface area contributed by atoms with Crippen LogP contribution in [0.2, 0.25) is 0 Å². The molecule has 0 bridgehead atoms. The van der Waals surface area contributed by atoms with Gasteiger partial charge in [-0.3, -0.25) is 0 Å². The summed E-state index contributed by atoms with van der Waals surface area (Å²) in [7, 11) is 0. The van der Waals surface area contributed by atoms with Crippen LogP contribution in [0, 0.1) is 46.3 Å². The first kappa shape index (κ1) is 32.8. The summed E-state index contributed by atoms with van der Waals surface area (Å²) in [6.45, 7) is 15.4. The van der Waals surface area contributed by atoms with Crippen molar-refractivity contribution in [2.24, 2.45) is 57.8 Å². The number of nitrogens with two attached hydrogens (primary N) is 2. The van der Waals surface area contributed by atoms with Crippen molar-refractivity contribution in [1.29, 1.82) is 0 Å². The van der Waals surface area contributed by atoms with Crippen LogP contribution >= 0.6 is 0 Å². The van der Waals surface area contributed by atoms with Crippen LogP contribution in [0.3, 0.4) is 0 Å². The van der Waals surface area contributed by atoms with Crippen molar-refractivity contribution in [2.45, 2.75) is 137 Å². The van der Waals surface area contributed by atoms with Crippen LogP contribution in [0.5, 0.6) is 0 Å². The molecule has 236 valence electrons. The number of carbonyl (C=O) groups is 1. The van der Waals surface area contributed by atoms with Crippen molar-refractivity contribution in [2.75, 3.05) is 26.2 Å². The third-order valence-electron chi connectivity index (χ3n) is 12.5. The van der Waals surface area contributed by atoms with Gasteiger partial charge in [0.1, 0.15) is 6.10 Å². The molecule has 8 atom stereocenters. The molecule has 0 aromatic rings. The Morgan fingerprint density at radius 3 is 2.29 bits per heavy atom. The highest BCUT2D eigenvalue weighted by atomic mass is 16.6. The second-order valence-corrected chi connectivity index (χ2v) is 15.5. The molecule has 1 amide bonds. The first-order valence-electron chi connectivity index (χ1n) is 17.7. The topological polar surface area (TPSA) is 81.6 Å². The van der Waals surface area contributed by atoms with Crippen LogP contribution in [0.15, 0.2) is 11.6 Å². The van der Waals surface area contributed by atoms with Gasteiger partial charge in [0.05, 0.1) is 0 Å². The van der Waals surface area contributed by atoms with E-state index in [-0.39, 0.29) is 17.6 Å². The van der Waals surface area contributed by atoms with E-state index in [0.717, 1.165) is 93.5 Å². The Hall–Kier alpha value is -1.07. The number of hydrogen-bond acceptors (Lipinski definition) is 4. The molecule has 5 heteroatoms. The van der Waals surface area contributed by atoms with E-state index >= 15 is 0 Å². The predicted octanol–water partition coefficient (Wildman–Crippen LogP) is 8.31. The maximum atomic E-state index is 13.2. The molecule has 5 nitrogen and oxygen atoms in total. The van der Waals surface area contributed by atoms with E-state index < -0.39 is 0 Å². The Morgan fingerprint density at radius 2 is 1.63 bits per heavy atom. The van der Waals surface area contributed by atoms with Crippen molar-refractivity contribution >= 4 is 6.09 Å². The van der Waals surface area contributed by atoms with Crippen LogP contribution in [0.25, 0.3) is 0 Å². The average molecular weight is 572 g/mol. The largest absolute Gasteiger partial charge is 0.446 e. The summed E-state index contributed by atoms with van der Waals surface area (Å²) in [4.78, 5) is 15.1. The zero-order valence-corrected chi connectivity index (χ0v) is 27.5. The van der Waals surface area contributed by atoms with Crippen LogP contribution in [-0.4, -0.2) is 43.3 Å². The molecule has 4 N–H and O–H groups in total. The molecule has 3 saturated carbocycles. The number of allylic oxidation sites excluding steroid dienone is 1.